The molecule has 3 nitrogen and oxygen atoms in total. The zero-order valence-corrected chi connectivity index (χ0v) is 10.1. The van der Waals surface area contributed by atoms with E-state index in [2.05, 4.69) is 0 Å². The van der Waals surface area contributed by atoms with Gasteiger partial charge in [-0.15, -0.1) is 0 Å². The summed E-state index contributed by atoms with van der Waals surface area (Å²) >= 11 is 0. The second-order valence-corrected chi connectivity index (χ2v) is 4.06. The molecule has 0 aliphatic carbocycles. The van der Waals surface area contributed by atoms with Crippen LogP contribution in [0.25, 0.3) is 0 Å². The Labute approximate surface area is 100 Å². The maximum atomic E-state index is 11.8. The average molecular weight is 230 g/mol. The average Bonchev–Trinajstić information content (AvgIpc) is 2.83. The van der Waals surface area contributed by atoms with Crippen molar-refractivity contribution in [1.29, 1.82) is 0 Å². The van der Waals surface area contributed by atoms with Crippen molar-refractivity contribution < 1.29 is 13.9 Å². The van der Waals surface area contributed by atoms with Gasteiger partial charge >= 0.3 is 5.97 Å². The van der Waals surface area contributed by atoms with Crippen molar-refractivity contribution in [3.8, 4) is 5.75 Å². The molecule has 0 unspecified atom stereocenters. The molecule has 0 bridgehead atoms. The highest BCUT2D eigenvalue weighted by molar-refractivity contribution is 5.90. The van der Waals surface area contributed by atoms with Crippen LogP contribution in [-0.2, 0) is 0 Å². The summed E-state index contributed by atoms with van der Waals surface area (Å²) in [6.45, 7) is 5.86. The Balaban J connectivity index is 2.31. The Morgan fingerprint density at radius 3 is 2.47 bits per heavy atom. The maximum absolute atomic E-state index is 11.8. The summed E-state index contributed by atoms with van der Waals surface area (Å²) in [7, 11) is 0. The fourth-order valence-electron chi connectivity index (χ4n) is 1.61. The molecule has 0 saturated carbocycles. The number of benzene rings is 1. The molecule has 2 aromatic rings. The number of hydrogen-bond donors (Lipinski definition) is 0. The van der Waals surface area contributed by atoms with Crippen molar-refractivity contribution in [1.82, 2.24) is 0 Å². The predicted octanol–water partition coefficient (Wildman–Crippen LogP) is 3.42. The smallest absolute Gasteiger partial charge is 0.346 e. The largest absolute Gasteiger partial charge is 0.472 e. The SMILES string of the molecule is Cc1ccc(C)c(OC(=O)c2ccoc2)c1C. The van der Waals surface area contributed by atoms with Crippen molar-refractivity contribution in [2.45, 2.75) is 20.8 Å². The van der Waals surface area contributed by atoms with Gasteiger partial charge in [0.2, 0.25) is 0 Å². The third-order valence-electron chi connectivity index (χ3n) is 2.83. The monoisotopic (exact) mass is 230 g/mol. The molecule has 0 radical (unpaired) electrons. The molecule has 0 N–H and O–H groups in total. The Morgan fingerprint density at radius 2 is 1.82 bits per heavy atom. The van der Waals surface area contributed by atoms with E-state index < -0.39 is 5.97 Å². The predicted molar refractivity (Wildman–Crippen MR) is 64.3 cm³/mol. The van der Waals surface area contributed by atoms with E-state index in [9.17, 15) is 4.79 Å². The summed E-state index contributed by atoms with van der Waals surface area (Å²) in [6, 6.07) is 5.54. The maximum Gasteiger partial charge on any atom is 0.346 e. The van der Waals surface area contributed by atoms with E-state index in [-0.39, 0.29) is 0 Å². The number of esters is 1. The first kappa shape index (κ1) is 11.5. The van der Waals surface area contributed by atoms with Crippen molar-refractivity contribution in [3.63, 3.8) is 0 Å². The molecule has 1 heterocycles. The lowest BCUT2D eigenvalue weighted by atomic mass is 10.1. The highest BCUT2D eigenvalue weighted by atomic mass is 16.5. The summed E-state index contributed by atoms with van der Waals surface area (Å²) in [6.07, 6.45) is 2.83. The summed E-state index contributed by atoms with van der Waals surface area (Å²) in [5, 5.41) is 0. The fraction of sp³-hybridized carbons (Fsp3) is 0.214. The topological polar surface area (TPSA) is 39.4 Å². The van der Waals surface area contributed by atoms with Crippen molar-refractivity contribution >= 4 is 5.97 Å². The van der Waals surface area contributed by atoms with Crippen LogP contribution in [0, 0.1) is 20.8 Å². The number of carbonyl (C=O) groups excluding carboxylic acids is 1. The molecule has 0 spiro atoms. The van der Waals surface area contributed by atoms with Crippen molar-refractivity contribution in [2.24, 2.45) is 0 Å². The van der Waals surface area contributed by atoms with Gasteiger partial charge < -0.3 is 9.15 Å². The number of hydrogen-bond acceptors (Lipinski definition) is 3. The number of carbonyl (C=O) groups is 1. The van der Waals surface area contributed by atoms with Crippen LogP contribution in [0.2, 0.25) is 0 Å². The van der Waals surface area contributed by atoms with Crippen LogP contribution in [0.5, 0.6) is 5.75 Å². The molecule has 0 amide bonds. The van der Waals surface area contributed by atoms with Crippen LogP contribution >= 0.6 is 0 Å². The molecule has 0 fully saturated rings. The molecule has 88 valence electrons. The molecule has 1 aromatic heterocycles. The van der Waals surface area contributed by atoms with E-state index >= 15 is 0 Å². The molecule has 1 aromatic carbocycles. The van der Waals surface area contributed by atoms with Gasteiger partial charge in [-0.2, -0.15) is 0 Å². The first-order chi connectivity index (χ1) is 8.09. The summed E-state index contributed by atoms with van der Waals surface area (Å²) in [4.78, 5) is 11.8. The third-order valence-corrected chi connectivity index (χ3v) is 2.83. The standard InChI is InChI=1S/C14H14O3/c1-9-4-5-10(2)13(11(9)3)17-14(15)12-6-7-16-8-12/h4-8H,1-3H3. The lowest BCUT2D eigenvalue weighted by molar-refractivity contribution is 0.0731. The Kier molecular flexibility index (Phi) is 3.00. The van der Waals surface area contributed by atoms with Crippen LogP contribution in [0.4, 0.5) is 0 Å². The van der Waals surface area contributed by atoms with Gasteiger partial charge in [0.15, 0.2) is 0 Å². The van der Waals surface area contributed by atoms with Gasteiger partial charge in [-0.3, -0.25) is 0 Å². The van der Waals surface area contributed by atoms with E-state index in [1.165, 1.54) is 12.5 Å². The first-order valence-corrected chi connectivity index (χ1v) is 5.41. The molecular formula is C14H14O3. The second kappa shape index (κ2) is 4.45. The Hall–Kier alpha value is -2.03. The molecule has 0 aliphatic heterocycles. The first-order valence-electron chi connectivity index (χ1n) is 5.41. The number of ether oxygens (including phenoxy) is 1. The van der Waals surface area contributed by atoms with Crippen LogP contribution in [0.3, 0.4) is 0 Å². The number of furan rings is 1. The normalized spacial score (nSPS) is 10.3. The third kappa shape index (κ3) is 2.23. The van der Waals surface area contributed by atoms with Gasteiger partial charge in [0.25, 0.3) is 0 Å². The summed E-state index contributed by atoms with van der Waals surface area (Å²) < 4.78 is 10.3. The molecule has 17 heavy (non-hydrogen) atoms. The molecule has 0 aliphatic rings. The van der Waals surface area contributed by atoms with Crippen molar-refractivity contribution in [2.75, 3.05) is 0 Å². The summed E-state index contributed by atoms with van der Waals surface area (Å²) in [5.41, 5.74) is 3.46. The lowest BCUT2D eigenvalue weighted by Gasteiger charge is -2.11. The Bertz CT molecular complexity index is 539. The highest BCUT2D eigenvalue weighted by Gasteiger charge is 2.14. The van der Waals surface area contributed by atoms with E-state index in [1.54, 1.807) is 6.07 Å². The molecule has 0 atom stereocenters. The van der Waals surface area contributed by atoms with Gasteiger partial charge in [-0.05, 0) is 43.5 Å². The fourth-order valence-corrected chi connectivity index (χ4v) is 1.61. The van der Waals surface area contributed by atoms with Gasteiger partial charge in [-0.25, -0.2) is 4.79 Å². The van der Waals surface area contributed by atoms with E-state index in [0.717, 1.165) is 16.7 Å². The second-order valence-electron chi connectivity index (χ2n) is 4.06. The molecule has 0 saturated heterocycles. The van der Waals surface area contributed by atoms with Crippen LogP contribution in [0.15, 0.2) is 35.1 Å². The van der Waals surface area contributed by atoms with Crippen molar-refractivity contribution in [3.05, 3.63) is 53.0 Å². The van der Waals surface area contributed by atoms with Gasteiger partial charge in [0.05, 0.1) is 11.8 Å². The van der Waals surface area contributed by atoms with Crippen LogP contribution in [-0.4, -0.2) is 5.97 Å². The van der Waals surface area contributed by atoms with E-state index in [0.29, 0.717) is 11.3 Å². The van der Waals surface area contributed by atoms with Crippen LogP contribution < -0.4 is 4.74 Å². The van der Waals surface area contributed by atoms with E-state index in [4.69, 9.17) is 9.15 Å². The minimum Gasteiger partial charge on any atom is -0.472 e. The summed E-state index contributed by atoms with van der Waals surface area (Å²) in [5.74, 6) is 0.242. The van der Waals surface area contributed by atoms with Crippen LogP contribution in [0.1, 0.15) is 27.0 Å². The number of rotatable bonds is 2. The van der Waals surface area contributed by atoms with Gasteiger partial charge in [-0.1, -0.05) is 12.1 Å². The zero-order valence-electron chi connectivity index (χ0n) is 10.1. The number of aryl methyl sites for hydroxylation is 2. The quantitative estimate of drug-likeness (QED) is 0.586. The zero-order chi connectivity index (χ0) is 12.4. The highest BCUT2D eigenvalue weighted by Crippen LogP contribution is 2.26. The molecular weight excluding hydrogens is 216 g/mol. The van der Waals surface area contributed by atoms with E-state index in [1.807, 2.05) is 32.9 Å². The lowest BCUT2D eigenvalue weighted by Crippen LogP contribution is -2.09. The van der Waals surface area contributed by atoms with Gasteiger partial charge in [0, 0.05) is 0 Å². The molecule has 3 heteroatoms. The molecule has 2 rings (SSSR count). The minimum absolute atomic E-state index is 0.393. The Morgan fingerprint density at radius 1 is 1.12 bits per heavy atom. The van der Waals surface area contributed by atoms with Gasteiger partial charge in [0.1, 0.15) is 12.0 Å². The minimum atomic E-state index is -0.393.